The van der Waals surface area contributed by atoms with Crippen LogP contribution in [0.5, 0.6) is 0 Å². The topological polar surface area (TPSA) is 43.9 Å². The van der Waals surface area contributed by atoms with E-state index in [9.17, 15) is 0 Å². The predicted molar refractivity (Wildman–Crippen MR) is 205 cm³/mol. The summed E-state index contributed by atoms with van der Waals surface area (Å²) in [5, 5.41) is 4.75. The standard InChI is InChI=1S/C46H29N3O/c1-2-11-32(12-3-1)46-47-40(31-23-21-30(22-24-31)33-25-26-39-38-17-6-9-20-44(38)50-45(39)28-33)29-41(48-46)34-13-10-14-35(27-34)49-42-18-7-4-15-36(42)37-16-5-8-19-43(37)49/h1-29H. The van der Waals surface area contributed by atoms with E-state index >= 15 is 0 Å². The van der Waals surface area contributed by atoms with Gasteiger partial charge in [0.25, 0.3) is 0 Å². The van der Waals surface area contributed by atoms with E-state index in [1.165, 1.54) is 21.8 Å². The summed E-state index contributed by atoms with van der Waals surface area (Å²) in [5.74, 6) is 0.694. The van der Waals surface area contributed by atoms with E-state index in [4.69, 9.17) is 14.4 Å². The molecule has 234 valence electrons. The molecule has 0 radical (unpaired) electrons. The van der Waals surface area contributed by atoms with Crippen LogP contribution in [0, 0.1) is 0 Å². The van der Waals surface area contributed by atoms with E-state index in [1.807, 2.05) is 36.4 Å². The lowest BCUT2D eigenvalue weighted by molar-refractivity contribution is 0.669. The molecule has 4 nitrogen and oxygen atoms in total. The number of benzene rings is 7. The molecule has 0 bridgehead atoms. The SMILES string of the molecule is c1ccc(-c2nc(-c3ccc(-c4ccc5c(c4)oc4ccccc45)cc3)cc(-c3cccc(-n4c5ccccc5c5ccccc54)c3)n2)cc1. The molecule has 3 heterocycles. The van der Waals surface area contributed by atoms with Crippen LogP contribution in [0.1, 0.15) is 0 Å². The van der Waals surface area contributed by atoms with Crippen molar-refractivity contribution in [3.8, 4) is 50.7 Å². The molecule has 0 amide bonds. The molecule has 0 saturated heterocycles. The quantitative estimate of drug-likeness (QED) is 0.188. The lowest BCUT2D eigenvalue weighted by atomic mass is 10.0. The average molecular weight is 640 g/mol. The summed E-state index contributed by atoms with van der Waals surface area (Å²) in [6.07, 6.45) is 0. The maximum Gasteiger partial charge on any atom is 0.160 e. The molecule has 0 unspecified atom stereocenters. The van der Waals surface area contributed by atoms with Gasteiger partial charge in [-0.1, -0.05) is 127 Å². The number of fused-ring (bicyclic) bond motifs is 6. The Labute approximate surface area is 288 Å². The van der Waals surface area contributed by atoms with E-state index in [0.717, 1.165) is 66.8 Å². The molecule has 0 N–H and O–H groups in total. The third kappa shape index (κ3) is 4.69. The number of hydrogen-bond donors (Lipinski definition) is 0. The van der Waals surface area contributed by atoms with Crippen LogP contribution in [0.3, 0.4) is 0 Å². The van der Waals surface area contributed by atoms with Crippen LogP contribution in [0.2, 0.25) is 0 Å². The minimum atomic E-state index is 0.694. The summed E-state index contributed by atoms with van der Waals surface area (Å²) < 4.78 is 8.52. The minimum absolute atomic E-state index is 0.694. The number of para-hydroxylation sites is 3. The Balaban J connectivity index is 1.07. The van der Waals surface area contributed by atoms with E-state index < -0.39 is 0 Å². The lowest BCUT2D eigenvalue weighted by Gasteiger charge is -2.12. The minimum Gasteiger partial charge on any atom is -0.456 e. The monoisotopic (exact) mass is 639 g/mol. The summed E-state index contributed by atoms with van der Waals surface area (Å²) in [6.45, 7) is 0. The molecule has 0 spiro atoms. The van der Waals surface area contributed by atoms with Crippen LogP contribution < -0.4 is 0 Å². The van der Waals surface area contributed by atoms with Crippen LogP contribution in [0.15, 0.2) is 180 Å². The van der Waals surface area contributed by atoms with E-state index in [2.05, 4.69) is 144 Å². The molecule has 3 aromatic heterocycles. The van der Waals surface area contributed by atoms with Crippen molar-refractivity contribution in [1.82, 2.24) is 14.5 Å². The normalized spacial score (nSPS) is 11.6. The van der Waals surface area contributed by atoms with Crippen LogP contribution in [-0.2, 0) is 0 Å². The molecular formula is C46H29N3O. The molecule has 0 saturated carbocycles. The van der Waals surface area contributed by atoms with Gasteiger partial charge in [0.15, 0.2) is 5.82 Å². The molecule has 0 aliphatic rings. The Morgan fingerprint density at radius 1 is 0.360 bits per heavy atom. The number of rotatable bonds is 5. The highest BCUT2D eigenvalue weighted by Gasteiger charge is 2.15. The smallest absolute Gasteiger partial charge is 0.160 e. The summed E-state index contributed by atoms with van der Waals surface area (Å²) >= 11 is 0. The molecule has 10 rings (SSSR count). The first kappa shape index (κ1) is 28.3. The highest BCUT2D eigenvalue weighted by molar-refractivity contribution is 6.09. The van der Waals surface area contributed by atoms with E-state index in [1.54, 1.807) is 0 Å². The van der Waals surface area contributed by atoms with Crippen LogP contribution in [-0.4, -0.2) is 14.5 Å². The first-order valence-corrected chi connectivity index (χ1v) is 16.8. The molecular weight excluding hydrogens is 611 g/mol. The van der Waals surface area contributed by atoms with Crippen LogP contribution in [0.4, 0.5) is 0 Å². The second kappa shape index (κ2) is 11.4. The molecule has 0 fully saturated rings. The van der Waals surface area contributed by atoms with Crippen molar-refractivity contribution in [2.45, 2.75) is 0 Å². The van der Waals surface area contributed by atoms with Crippen molar-refractivity contribution in [2.75, 3.05) is 0 Å². The first-order valence-electron chi connectivity index (χ1n) is 16.8. The zero-order valence-electron chi connectivity index (χ0n) is 27.0. The highest BCUT2D eigenvalue weighted by atomic mass is 16.3. The van der Waals surface area contributed by atoms with E-state index in [0.29, 0.717) is 5.82 Å². The van der Waals surface area contributed by atoms with Gasteiger partial charge in [0, 0.05) is 43.9 Å². The zero-order chi connectivity index (χ0) is 33.0. The van der Waals surface area contributed by atoms with E-state index in [-0.39, 0.29) is 0 Å². The lowest BCUT2D eigenvalue weighted by Crippen LogP contribution is -1.97. The van der Waals surface area contributed by atoms with Crippen molar-refractivity contribution in [2.24, 2.45) is 0 Å². The Hall–Kier alpha value is -6.78. The van der Waals surface area contributed by atoms with Gasteiger partial charge in [-0.15, -0.1) is 0 Å². The number of hydrogen-bond acceptors (Lipinski definition) is 3. The van der Waals surface area contributed by atoms with Gasteiger partial charge in [0.1, 0.15) is 11.2 Å². The maximum absolute atomic E-state index is 6.17. The Morgan fingerprint density at radius 2 is 0.940 bits per heavy atom. The molecule has 50 heavy (non-hydrogen) atoms. The van der Waals surface area contributed by atoms with Gasteiger partial charge in [-0.3, -0.25) is 0 Å². The first-order chi connectivity index (χ1) is 24.8. The fourth-order valence-electron chi connectivity index (χ4n) is 7.20. The van der Waals surface area contributed by atoms with Gasteiger partial charge in [-0.25, -0.2) is 9.97 Å². The van der Waals surface area contributed by atoms with Gasteiger partial charge in [-0.05, 0) is 59.7 Å². The number of aromatic nitrogens is 3. The second-order valence-electron chi connectivity index (χ2n) is 12.6. The number of furan rings is 1. The fraction of sp³-hybridized carbons (Fsp3) is 0. The summed E-state index contributed by atoms with van der Waals surface area (Å²) in [5.41, 5.74) is 12.2. The summed E-state index contributed by atoms with van der Waals surface area (Å²) in [7, 11) is 0. The molecule has 0 aliphatic carbocycles. The second-order valence-corrected chi connectivity index (χ2v) is 12.6. The molecule has 10 aromatic rings. The average Bonchev–Trinajstić information content (AvgIpc) is 3.74. The van der Waals surface area contributed by atoms with Gasteiger partial charge in [0.2, 0.25) is 0 Å². The third-order valence-corrected chi connectivity index (χ3v) is 9.63. The Kier molecular flexibility index (Phi) is 6.46. The molecule has 7 aromatic carbocycles. The predicted octanol–water partition coefficient (Wildman–Crippen LogP) is 12.1. The molecule has 0 aliphatic heterocycles. The molecule has 0 atom stereocenters. The van der Waals surface area contributed by atoms with Gasteiger partial charge in [-0.2, -0.15) is 0 Å². The van der Waals surface area contributed by atoms with Crippen molar-refractivity contribution in [3.63, 3.8) is 0 Å². The van der Waals surface area contributed by atoms with Crippen molar-refractivity contribution >= 4 is 43.7 Å². The van der Waals surface area contributed by atoms with Crippen molar-refractivity contribution in [1.29, 1.82) is 0 Å². The van der Waals surface area contributed by atoms with Gasteiger partial charge >= 0.3 is 0 Å². The summed E-state index contributed by atoms with van der Waals surface area (Å²) in [4.78, 5) is 10.2. The number of nitrogens with zero attached hydrogens (tertiary/aromatic N) is 3. The largest absolute Gasteiger partial charge is 0.456 e. The fourth-order valence-corrected chi connectivity index (χ4v) is 7.20. The Bertz CT molecular complexity index is 2810. The zero-order valence-corrected chi connectivity index (χ0v) is 27.0. The van der Waals surface area contributed by atoms with Crippen LogP contribution >= 0.6 is 0 Å². The Morgan fingerprint density at radius 3 is 1.70 bits per heavy atom. The third-order valence-electron chi connectivity index (χ3n) is 9.63. The van der Waals surface area contributed by atoms with Crippen molar-refractivity contribution in [3.05, 3.63) is 176 Å². The maximum atomic E-state index is 6.17. The van der Waals surface area contributed by atoms with Gasteiger partial charge in [0.05, 0.1) is 22.4 Å². The van der Waals surface area contributed by atoms with Gasteiger partial charge < -0.3 is 8.98 Å². The summed E-state index contributed by atoms with van der Waals surface area (Å²) in [6, 6.07) is 61.4. The van der Waals surface area contributed by atoms with Crippen molar-refractivity contribution < 1.29 is 4.42 Å². The molecule has 4 heteroatoms. The van der Waals surface area contributed by atoms with Crippen LogP contribution in [0.25, 0.3) is 94.5 Å². The highest BCUT2D eigenvalue weighted by Crippen LogP contribution is 2.36.